The summed E-state index contributed by atoms with van der Waals surface area (Å²) in [5.41, 5.74) is 8.66. The first-order valence-electron chi connectivity index (χ1n) is 9.01. The number of amides is 1. The van der Waals surface area contributed by atoms with E-state index in [2.05, 4.69) is 29.2 Å². The summed E-state index contributed by atoms with van der Waals surface area (Å²) in [6.45, 7) is 6.26. The van der Waals surface area contributed by atoms with E-state index in [4.69, 9.17) is 5.73 Å². The maximum absolute atomic E-state index is 12.8. The monoisotopic (exact) mass is 409 g/mol. The number of rotatable bonds is 5. The van der Waals surface area contributed by atoms with Gasteiger partial charge < -0.3 is 10.6 Å². The first-order valence-corrected chi connectivity index (χ1v) is 9.01. The highest BCUT2D eigenvalue weighted by molar-refractivity contribution is 5.85. The van der Waals surface area contributed by atoms with E-state index >= 15 is 0 Å². The van der Waals surface area contributed by atoms with Crippen LogP contribution in [0.4, 0.5) is 0 Å². The smallest absolute Gasteiger partial charge is 0.227 e. The number of carbonyl (C=O) groups is 1. The fraction of sp³-hybridized carbons (Fsp3) is 0.381. The summed E-state index contributed by atoms with van der Waals surface area (Å²) < 4.78 is 0. The third kappa shape index (κ3) is 6.22. The molecule has 1 fully saturated rings. The fourth-order valence-corrected chi connectivity index (χ4v) is 3.37. The molecular formula is C21H29Cl2N3O. The van der Waals surface area contributed by atoms with Crippen LogP contribution in [0.25, 0.3) is 0 Å². The van der Waals surface area contributed by atoms with E-state index in [1.54, 1.807) is 0 Å². The second-order valence-electron chi connectivity index (χ2n) is 6.81. The van der Waals surface area contributed by atoms with Gasteiger partial charge in [-0.15, -0.1) is 24.8 Å². The Hall–Kier alpha value is -1.59. The van der Waals surface area contributed by atoms with Crippen molar-refractivity contribution in [1.29, 1.82) is 0 Å². The third-order valence-electron chi connectivity index (χ3n) is 5.05. The molecule has 2 atom stereocenters. The minimum atomic E-state index is -0.254. The SMILES string of the molecule is CC(C(=O)N1CCN(Cc2ccccc2)CC1)C(N)c1ccccc1.Cl.Cl. The van der Waals surface area contributed by atoms with E-state index in [0.717, 1.165) is 38.3 Å². The molecule has 0 radical (unpaired) electrons. The molecule has 6 heteroatoms. The third-order valence-corrected chi connectivity index (χ3v) is 5.05. The molecule has 2 aromatic rings. The molecule has 0 aromatic heterocycles. The Labute approximate surface area is 174 Å². The zero-order valence-electron chi connectivity index (χ0n) is 15.7. The molecule has 148 valence electrons. The van der Waals surface area contributed by atoms with Crippen molar-refractivity contribution in [1.82, 2.24) is 9.80 Å². The molecule has 1 amide bonds. The number of hydrogen-bond acceptors (Lipinski definition) is 3. The van der Waals surface area contributed by atoms with Gasteiger partial charge in [-0.3, -0.25) is 9.69 Å². The van der Waals surface area contributed by atoms with Gasteiger partial charge in [-0.1, -0.05) is 67.6 Å². The number of benzene rings is 2. The van der Waals surface area contributed by atoms with Crippen LogP contribution in [0.15, 0.2) is 60.7 Å². The molecule has 0 bridgehead atoms. The molecule has 0 spiro atoms. The summed E-state index contributed by atoms with van der Waals surface area (Å²) in [5.74, 6) is -0.0428. The van der Waals surface area contributed by atoms with E-state index in [-0.39, 0.29) is 42.7 Å². The molecule has 1 heterocycles. The van der Waals surface area contributed by atoms with Gasteiger partial charge in [-0.05, 0) is 11.1 Å². The lowest BCUT2D eigenvalue weighted by Gasteiger charge is -2.36. The first-order chi connectivity index (χ1) is 12.1. The van der Waals surface area contributed by atoms with Crippen LogP contribution in [0.1, 0.15) is 24.1 Å². The highest BCUT2D eigenvalue weighted by Crippen LogP contribution is 2.22. The number of piperazine rings is 1. The minimum absolute atomic E-state index is 0. The van der Waals surface area contributed by atoms with Gasteiger partial charge in [0.05, 0.1) is 5.92 Å². The molecule has 1 aliphatic rings. The highest BCUT2D eigenvalue weighted by atomic mass is 35.5. The molecular weight excluding hydrogens is 381 g/mol. The van der Waals surface area contributed by atoms with Gasteiger partial charge in [0, 0.05) is 38.8 Å². The normalized spacial score (nSPS) is 16.6. The first kappa shape index (κ1) is 23.4. The average Bonchev–Trinajstić information content (AvgIpc) is 2.68. The number of carbonyl (C=O) groups excluding carboxylic acids is 1. The largest absolute Gasteiger partial charge is 0.340 e. The lowest BCUT2D eigenvalue weighted by molar-refractivity contribution is -0.137. The van der Waals surface area contributed by atoms with Crippen molar-refractivity contribution >= 4 is 30.7 Å². The van der Waals surface area contributed by atoms with Crippen LogP contribution in [0.3, 0.4) is 0 Å². The van der Waals surface area contributed by atoms with E-state index in [1.165, 1.54) is 5.56 Å². The zero-order chi connectivity index (χ0) is 17.6. The number of nitrogens with two attached hydrogens (primary N) is 1. The maximum Gasteiger partial charge on any atom is 0.227 e. The Morgan fingerprint density at radius 2 is 1.44 bits per heavy atom. The van der Waals surface area contributed by atoms with Gasteiger partial charge in [-0.2, -0.15) is 0 Å². The van der Waals surface area contributed by atoms with E-state index in [9.17, 15) is 4.79 Å². The molecule has 2 N–H and O–H groups in total. The molecule has 27 heavy (non-hydrogen) atoms. The number of halogens is 2. The summed E-state index contributed by atoms with van der Waals surface area (Å²) in [6.07, 6.45) is 0. The minimum Gasteiger partial charge on any atom is -0.340 e. The summed E-state index contributed by atoms with van der Waals surface area (Å²) in [6, 6.07) is 20.1. The molecule has 3 rings (SSSR count). The van der Waals surface area contributed by atoms with Gasteiger partial charge >= 0.3 is 0 Å². The van der Waals surface area contributed by atoms with Crippen LogP contribution in [0, 0.1) is 5.92 Å². The second kappa shape index (κ2) is 11.3. The topological polar surface area (TPSA) is 49.6 Å². The van der Waals surface area contributed by atoms with Crippen LogP contribution < -0.4 is 5.73 Å². The van der Waals surface area contributed by atoms with Crippen molar-refractivity contribution < 1.29 is 4.79 Å². The summed E-state index contributed by atoms with van der Waals surface area (Å²) in [5, 5.41) is 0. The van der Waals surface area contributed by atoms with Crippen LogP contribution in [-0.2, 0) is 11.3 Å². The average molecular weight is 410 g/mol. The Kier molecular flexibility index (Phi) is 9.81. The number of nitrogens with zero attached hydrogens (tertiary/aromatic N) is 2. The molecule has 2 aromatic carbocycles. The maximum atomic E-state index is 12.8. The van der Waals surface area contributed by atoms with Crippen molar-refractivity contribution in [2.24, 2.45) is 11.7 Å². The Morgan fingerprint density at radius 1 is 0.926 bits per heavy atom. The van der Waals surface area contributed by atoms with Gasteiger partial charge in [0.1, 0.15) is 0 Å². The highest BCUT2D eigenvalue weighted by Gasteiger charge is 2.28. The molecule has 1 aliphatic heterocycles. The van der Waals surface area contributed by atoms with Crippen LogP contribution in [-0.4, -0.2) is 41.9 Å². The Balaban J connectivity index is 0.00000182. The van der Waals surface area contributed by atoms with Crippen LogP contribution in [0.2, 0.25) is 0 Å². The van der Waals surface area contributed by atoms with E-state index in [0.29, 0.717) is 0 Å². The van der Waals surface area contributed by atoms with Gasteiger partial charge in [0.2, 0.25) is 5.91 Å². The predicted molar refractivity (Wildman–Crippen MR) is 115 cm³/mol. The summed E-state index contributed by atoms with van der Waals surface area (Å²) >= 11 is 0. The molecule has 4 nitrogen and oxygen atoms in total. The summed E-state index contributed by atoms with van der Waals surface area (Å²) in [7, 11) is 0. The van der Waals surface area contributed by atoms with Crippen molar-refractivity contribution in [3.8, 4) is 0 Å². The zero-order valence-corrected chi connectivity index (χ0v) is 17.3. The molecule has 0 saturated carbocycles. The fourth-order valence-electron chi connectivity index (χ4n) is 3.37. The molecule has 1 saturated heterocycles. The van der Waals surface area contributed by atoms with Gasteiger partial charge in [0.25, 0.3) is 0 Å². The van der Waals surface area contributed by atoms with Crippen LogP contribution >= 0.6 is 24.8 Å². The van der Waals surface area contributed by atoms with Crippen LogP contribution in [0.5, 0.6) is 0 Å². The lowest BCUT2D eigenvalue weighted by Crippen LogP contribution is -2.50. The standard InChI is InChI=1S/C21H27N3O.2ClH/c1-17(20(22)19-10-6-3-7-11-19)21(25)24-14-12-23(13-15-24)16-18-8-4-2-5-9-18;;/h2-11,17,20H,12-16,22H2,1H3;2*1H. The molecule has 2 unspecified atom stereocenters. The van der Waals surface area contributed by atoms with Crippen molar-refractivity contribution in [2.45, 2.75) is 19.5 Å². The molecule has 0 aliphatic carbocycles. The second-order valence-corrected chi connectivity index (χ2v) is 6.81. The quantitative estimate of drug-likeness (QED) is 0.821. The van der Waals surface area contributed by atoms with E-state index < -0.39 is 0 Å². The summed E-state index contributed by atoms with van der Waals surface area (Å²) in [4.78, 5) is 17.2. The Morgan fingerprint density at radius 3 is 2.00 bits per heavy atom. The lowest BCUT2D eigenvalue weighted by atomic mass is 9.94. The Bertz CT molecular complexity index is 676. The van der Waals surface area contributed by atoms with E-state index in [1.807, 2.05) is 48.2 Å². The van der Waals surface area contributed by atoms with Crippen molar-refractivity contribution in [3.63, 3.8) is 0 Å². The predicted octanol–water partition coefficient (Wildman–Crippen LogP) is 3.51. The van der Waals surface area contributed by atoms with Gasteiger partial charge in [0.15, 0.2) is 0 Å². The van der Waals surface area contributed by atoms with Crippen molar-refractivity contribution in [3.05, 3.63) is 71.8 Å². The van der Waals surface area contributed by atoms with Gasteiger partial charge in [-0.25, -0.2) is 0 Å². The van der Waals surface area contributed by atoms with Crippen molar-refractivity contribution in [2.75, 3.05) is 26.2 Å². The number of hydrogen-bond donors (Lipinski definition) is 1.